The molecule has 0 aromatic carbocycles. The van der Waals surface area contributed by atoms with Gasteiger partial charge in [0.2, 0.25) is 5.91 Å². The summed E-state index contributed by atoms with van der Waals surface area (Å²) in [6.45, 7) is 2.73. The number of carboxylic acids is 1. The summed E-state index contributed by atoms with van der Waals surface area (Å²) in [5.74, 6) is -1.17. The van der Waals surface area contributed by atoms with Crippen LogP contribution in [0.15, 0.2) is 0 Å². The molecule has 1 fully saturated rings. The van der Waals surface area contributed by atoms with Crippen molar-refractivity contribution in [1.82, 2.24) is 5.32 Å². The molecule has 4 N–H and O–H groups in total. The van der Waals surface area contributed by atoms with Gasteiger partial charge in [-0.3, -0.25) is 9.59 Å². The molecular formula is C12H22N2O3. The lowest BCUT2D eigenvalue weighted by Gasteiger charge is -2.18. The van der Waals surface area contributed by atoms with Crippen molar-refractivity contribution in [3.05, 3.63) is 0 Å². The first-order valence-electron chi connectivity index (χ1n) is 6.30. The van der Waals surface area contributed by atoms with Crippen LogP contribution < -0.4 is 11.1 Å². The van der Waals surface area contributed by atoms with Gasteiger partial charge in [-0.05, 0) is 25.2 Å². The minimum atomic E-state index is -0.743. The first-order chi connectivity index (χ1) is 8.10. The van der Waals surface area contributed by atoms with Crippen LogP contribution in [0.4, 0.5) is 0 Å². The quantitative estimate of drug-likeness (QED) is 0.635. The maximum absolute atomic E-state index is 11.7. The van der Waals surface area contributed by atoms with Crippen molar-refractivity contribution in [2.45, 2.75) is 32.6 Å². The van der Waals surface area contributed by atoms with Crippen LogP contribution in [0.3, 0.4) is 0 Å². The molecule has 1 amide bonds. The highest BCUT2D eigenvalue weighted by Gasteiger charge is 2.33. The average molecular weight is 242 g/mol. The van der Waals surface area contributed by atoms with Crippen LogP contribution in [-0.4, -0.2) is 30.1 Å². The molecular weight excluding hydrogens is 220 g/mol. The Morgan fingerprint density at radius 1 is 1.47 bits per heavy atom. The fourth-order valence-corrected chi connectivity index (χ4v) is 2.44. The molecule has 0 bridgehead atoms. The predicted octanol–water partition coefficient (Wildman–Crippen LogP) is 0.588. The first kappa shape index (κ1) is 14.0. The molecule has 0 spiro atoms. The van der Waals surface area contributed by atoms with E-state index in [1.165, 1.54) is 0 Å². The summed E-state index contributed by atoms with van der Waals surface area (Å²) in [5.41, 5.74) is 5.49. The summed E-state index contributed by atoms with van der Waals surface area (Å²) < 4.78 is 0. The topological polar surface area (TPSA) is 92.4 Å². The number of carboxylic acid groups (broad SMARTS) is 1. The summed E-state index contributed by atoms with van der Waals surface area (Å²) in [6, 6.07) is 0. The van der Waals surface area contributed by atoms with Gasteiger partial charge in [0, 0.05) is 19.0 Å². The van der Waals surface area contributed by atoms with Crippen molar-refractivity contribution in [2.75, 3.05) is 13.1 Å². The maximum atomic E-state index is 11.7. The number of nitrogens with two attached hydrogens (primary N) is 1. The smallest absolute Gasteiger partial charge is 0.306 e. The van der Waals surface area contributed by atoms with E-state index in [0.29, 0.717) is 13.1 Å². The fourth-order valence-electron chi connectivity index (χ4n) is 2.44. The van der Waals surface area contributed by atoms with Crippen molar-refractivity contribution in [3.8, 4) is 0 Å². The highest BCUT2D eigenvalue weighted by atomic mass is 16.4. The third-order valence-corrected chi connectivity index (χ3v) is 3.66. The third-order valence-electron chi connectivity index (χ3n) is 3.66. The molecule has 3 atom stereocenters. The zero-order valence-electron chi connectivity index (χ0n) is 10.3. The number of hydrogen-bond donors (Lipinski definition) is 3. The summed E-state index contributed by atoms with van der Waals surface area (Å²) in [4.78, 5) is 22.7. The van der Waals surface area contributed by atoms with E-state index >= 15 is 0 Å². The Morgan fingerprint density at radius 3 is 2.71 bits per heavy atom. The Morgan fingerprint density at radius 2 is 2.18 bits per heavy atom. The summed E-state index contributed by atoms with van der Waals surface area (Å²) in [5, 5.41) is 11.8. The van der Waals surface area contributed by atoms with Gasteiger partial charge in [0.1, 0.15) is 0 Å². The zero-order chi connectivity index (χ0) is 12.8. The van der Waals surface area contributed by atoms with E-state index in [1.807, 2.05) is 6.92 Å². The first-order valence-corrected chi connectivity index (χ1v) is 6.30. The van der Waals surface area contributed by atoms with Crippen LogP contribution in [0.25, 0.3) is 0 Å². The second-order valence-corrected chi connectivity index (χ2v) is 4.72. The van der Waals surface area contributed by atoms with Crippen molar-refractivity contribution in [2.24, 2.45) is 23.5 Å². The van der Waals surface area contributed by atoms with Gasteiger partial charge in [0.15, 0.2) is 0 Å². The Hall–Kier alpha value is -1.10. The molecule has 0 aromatic rings. The van der Waals surface area contributed by atoms with Crippen LogP contribution in [0.2, 0.25) is 0 Å². The van der Waals surface area contributed by atoms with Crippen molar-refractivity contribution < 1.29 is 14.7 Å². The van der Waals surface area contributed by atoms with Crippen LogP contribution in [0, 0.1) is 17.8 Å². The second-order valence-electron chi connectivity index (χ2n) is 4.72. The van der Waals surface area contributed by atoms with E-state index in [2.05, 4.69) is 5.32 Å². The number of carbonyl (C=O) groups excluding carboxylic acids is 1. The Balaban J connectivity index is 2.39. The van der Waals surface area contributed by atoms with Gasteiger partial charge in [-0.25, -0.2) is 0 Å². The molecule has 1 aliphatic rings. The molecule has 5 heteroatoms. The summed E-state index contributed by atoms with van der Waals surface area (Å²) >= 11 is 0. The molecule has 17 heavy (non-hydrogen) atoms. The van der Waals surface area contributed by atoms with Gasteiger partial charge in [-0.15, -0.1) is 0 Å². The highest BCUT2D eigenvalue weighted by Crippen LogP contribution is 2.31. The minimum absolute atomic E-state index is 0.0500. The molecule has 1 aliphatic carbocycles. The molecule has 5 nitrogen and oxygen atoms in total. The molecule has 1 saturated carbocycles. The van der Waals surface area contributed by atoms with Gasteiger partial charge < -0.3 is 16.2 Å². The maximum Gasteiger partial charge on any atom is 0.306 e. The molecule has 98 valence electrons. The Labute approximate surface area is 102 Å². The number of amides is 1. The van der Waals surface area contributed by atoms with E-state index in [9.17, 15) is 9.59 Å². The van der Waals surface area contributed by atoms with E-state index < -0.39 is 5.97 Å². The fraction of sp³-hybridized carbons (Fsp3) is 0.833. The zero-order valence-corrected chi connectivity index (χ0v) is 10.3. The van der Waals surface area contributed by atoms with Crippen LogP contribution in [-0.2, 0) is 9.59 Å². The van der Waals surface area contributed by atoms with Crippen LogP contribution >= 0.6 is 0 Å². The van der Waals surface area contributed by atoms with E-state index in [-0.39, 0.29) is 23.7 Å². The molecule has 0 aliphatic heterocycles. The molecule has 3 unspecified atom stereocenters. The third kappa shape index (κ3) is 3.70. The largest absolute Gasteiger partial charge is 0.481 e. The second kappa shape index (κ2) is 6.59. The summed E-state index contributed by atoms with van der Waals surface area (Å²) in [6.07, 6.45) is 3.27. The van der Waals surface area contributed by atoms with Crippen LogP contribution in [0.5, 0.6) is 0 Å². The SMILES string of the molecule is CCC(CN)C(=O)NCC1CCCC1C(=O)O. The predicted molar refractivity (Wildman–Crippen MR) is 64.3 cm³/mol. The standard InChI is InChI=1S/C12H22N2O3/c1-2-8(6-13)11(15)14-7-9-4-3-5-10(9)12(16)17/h8-10H,2-7,13H2,1H3,(H,14,15)(H,16,17). The minimum Gasteiger partial charge on any atom is -0.481 e. The lowest BCUT2D eigenvalue weighted by molar-refractivity contribution is -0.143. The molecule has 0 saturated heterocycles. The van der Waals surface area contributed by atoms with Gasteiger partial charge in [-0.2, -0.15) is 0 Å². The van der Waals surface area contributed by atoms with Gasteiger partial charge in [0.05, 0.1) is 5.92 Å². The van der Waals surface area contributed by atoms with Crippen molar-refractivity contribution in [1.29, 1.82) is 0 Å². The normalized spacial score (nSPS) is 25.5. The van der Waals surface area contributed by atoms with Gasteiger partial charge >= 0.3 is 5.97 Å². The highest BCUT2D eigenvalue weighted by molar-refractivity contribution is 5.79. The Kier molecular flexibility index (Phi) is 5.41. The molecule has 1 rings (SSSR count). The van der Waals surface area contributed by atoms with E-state index in [4.69, 9.17) is 10.8 Å². The van der Waals surface area contributed by atoms with Crippen molar-refractivity contribution in [3.63, 3.8) is 0 Å². The lowest BCUT2D eigenvalue weighted by atomic mass is 9.96. The summed E-state index contributed by atoms with van der Waals surface area (Å²) in [7, 11) is 0. The Bertz CT molecular complexity index is 277. The van der Waals surface area contributed by atoms with Crippen molar-refractivity contribution >= 4 is 11.9 Å². The average Bonchev–Trinajstić information content (AvgIpc) is 2.76. The lowest BCUT2D eigenvalue weighted by Crippen LogP contribution is -2.38. The van der Waals surface area contributed by atoms with E-state index in [0.717, 1.165) is 25.7 Å². The number of rotatable bonds is 6. The van der Waals surface area contributed by atoms with Gasteiger partial charge in [-0.1, -0.05) is 13.3 Å². The molecule has 0 aromatic heterocycles. The van der Waals surface area contributed by atoms with Gasteiger partial charge in [0.25, 0.3) is 0 Å². The molecule has 0 radical (unpaired) electrons. The number of aliphatic carboxylic acids is 1. The van der Waals surface area contributed by atoms with E-state index in [1.54, 1.807) is 0 Å². The monoisotopic (exact) mass is 242 g/mol. The number of hydrogen-bond acceptors (Lipinski definition) is 3. The number of nitrogens with one attached hydrogen (secondary N) is 1. The number of carbonyl (C=O) groups is 2. The van der Waals surface area contributed by atoms with Crippen LogP contribution in [0.1, 0.15) is 32.6 Å². The molecule has 0 heterocycles.